The molecular formula is C9H15NO4S2. The van der Waals surface area contributed by atoms with Crippen LogP contribution in [0.15, 0.2) is 21.6 Å². The van der Waals surface area contributed by atoms with Gasteiger partial charge in [0.25, 0.3) is 10.0 Å². The molecule has 0 atom stereocenters. The number of hydrogen-bond donors (Lipinski definition) is 1. The molecule has 92 valence electrons. The quantitative estimate of drug-likeness (QED) is 0.822. The molecule has 5 nitrogen and oxygen atoms in total. The Labute approximate surface area is 99.5 Å². The Kier molecular flexibility index (Phi) is 4.85. The lowest BCUT2D eigenvalue weighted by molar-refractivity contribution is 0.235. The molecule has 0 saturated heterocycles. The van der Waals surface area contributed by atoms with Gasteiger partial charge in [0.2, 0.25) is 5.09 Å². The van der Waals surface area contributed by atoms with Gasteiger partial charge in [-0.3, -0.25) is 0 Å². The number of hydrogen-bond acceptors (Lipinski definition) is 5. The zero-order chi connectivity index (χ0) is 12.2. The van der Waals surface area contributed by atoms with Crippen LogP contribution in [0.5, 0.6) is 0 Å². The average Bonchev–Trinajstić information content (AvgIpc) is 2.74. The number of nitrogens with zero attached hydrogens (tertiary/aromatic N) is 1. The first-order valence-electron chi connectivity index (χ1n) is 4.67. The Morgan fingerprint density at radius 3 is 2.69 bits per heavy atom. The monoisotopic (exact) mass is 265 g/mol. The molecule has 16 heavy (non-hydrogen) atoms. The number of sulfonamides is 1. The minimum absolute atomic E-state index is 0.125. The summed E-state index contributed by atoms with van der Waals surface area (Å²) in [4.78, 5) is 0. The van der Waals surface area contributed by atoms with Gasteiger partial charge in [-0.15, -0.1) is 0 Å². The molecule has 0 unspecified atom stereocenters. The van der Waals surface area contributed by atoms with Gasteiger partial charge in [0, 0.05) is 19.3 Å². The SMILES string of the molecule is CSCCN(C)S(=O)(=O)c1ccc(CO)o1. The number of aliphatic hydroxyl groups excluding tert-OH is 1. The van der Waals surface area contributed by atoms with E-state index in [1.807, 2.05) is 6.26 Å². The molecule has 1 aromatic heterocycles. The highest BCUT2D eigenvalue weighted by Crippen LogP contribution is 2.17. The second-order valence-corrected chi connectivity index (χ2v) is 6.16. The summed E-state index contributed by atoms with van der Waals surface area (Å²) in [5, 5.41) is 8.67. The molecule has 0 amide bonds. The van der Waals surface area contributed by atoms with Crippen molar-refractivity contribution < 1.29 is 17.9 Å². The van der Waals surface area contributed by atoms with Gasteiger partial charge in [-0.05, 0) is 18.4 Å². The lowest BCUT2D eigenvalue weighted by Gasteiger charge is -2.14. The van der Waals surface area contributed by atoms with E-state index in [4.69, 9.17) is 9.52 Å². The van der Waals surface area contributed by atoms with Crippen molar-refractivity contribution in [3.05, 3.63) is 17.9 Å². The van der Waals surface area contributed by atoms with Crippen molar-refractivity contribution >= 4 is 21.8 Å². The predicted molar refractivity (Wildman–Crippen MR) is 62.8 cm³/mol. The average molecular weight is 265 g/mol. The van der Waals surface area contributed by atoms with Gasteiger partial charge < -0.3 is 9.52 Å². The zero-order valence-corrected chi connectivity index (χ0v) is 10.8. The zero-order valence-electron chi connectivity index (χ0n) is 9.21. The van der Waals surface area contributed by atoms with Crippen LogP contribution >= 0.6 is 11.8 Å². The van der Waals surface area contributed by atoms with Crippen molar-refractivity contribution in [3.8, 4) is 0 Å². The lowest BCUT2D eigenvalue weighted by Crippen LogP contribution is -2.28. The summed E-state index contributed by atoms with van der Waals surface area (Å²) in [6.07, 6.45) is 1.91. The fourth-order valence-corrected chi connectivity index (χ4v) is 2.74. The van der Waals surface area contributed by atoms with Crippen molar-refractivity contribution in [1.29, 1.82) is 0 Å². The molecule has 0 aliphatic heterocycles. The molecule has 0 fully saturated rings. The van der Waals surface area contributed by atoms with Crippen LogP contribution in [0.25, 0.3) is 0 Å². The third-order valence-corrected chi connectivity index (χ3v) is 4.39. The molecule has 7 heteroatoms. The van der Waals surface area contributed by atoms with E-state index in [0.717, 1.165) is 5.75 Å². The molecule has 0 radical (unpaired) electrons. The highest BCUT2D eigenvalue weighted by atomic mass is 32.2. The second kappa shape index (κ2) is 5.72. The van der Waals surface area contributed by atoms with Crippen LogP contribution in [0.2, 0.25) is 0 Å². The fourth-order valence-electron chi connectivity index (χ4n) is 1.08. The van der Waals surface area contributed by atoms with Gasteiger partial charge in [0.05, 0.1) is 0 Å². The summed E-state index contributed by atoms with van der Waals surface area (Å²) in [5.41, 5.74) is 0. The molecule has 0 saturated carbocycles. The van der Waals surface area contributed by atoms with Crippen LogP contribution in [0.3, 0.4) is 0 Å². The van der Waals surface area contributed by atoms with E-state index in [1.165, 1.54) is 23.5 Å². The molecule has 1 N–H and O–H groups in total. The first kappa shape index (κ1) is 13.6. The van der Waals surface area contributed by atoms with Crippen LogP contribution in [0, 0.1) is 0 Å². The van der Waals surface area contributed by atoms with Crippen molar-refractivity contribution in [2.45, 2.75) is 11.7 Å². The van der Waals surface area contributed by atoms with E-state index in [-0.39, 0.29) is 17.5 Å². The van der Waals surface area contributed by atoms with E-state index in [1.54, 1.807) is 11.8 Å². The minimum atomic E-state index is -3.56. The Morgan fingerprint density at radius 1 is 1.50 bits per heavy atom. The standard InChI is InChI=1S/C9H15NO4S2/c1-10(5-6-15-2)16(12,13)9-4-3-8(7-11)14-9/h3-4,11H,5-7H2,1-2H3. The second-order valence-electron chi connectivity index (χ2n) is 3.20. The minimum Gasteiger partial charge on any atom is -0.446 e. The third kappa shape index (κ3) is 3.00. The van der Waals surface area contributed by atoms with Crippen LogP contribution in [0.4, 0.5) is 0 Å². The van der Waals surface area contributed by atoms with Crippen LogP contribution in [-0.2, 0) is 16.6 Å². The highest BCUT2D eigenvalue weighted by molar-refractivity contribution is 7.98. The van der Waals surface area contributed by atoms with Gasteiger partial charge in [-0.1, -0.05) is 0 Å². The van der Waals surface area contributed by atoms with E-state index in [2.05, 4.69) is 0 Å². The molecular weight excluding hydrogens is 250 g/mol. The number of thioether (sulfide) groups is 1. The first-order valence-corrected chi connectivity index (χ1v) is 7.50. The number of aliphatic hydroxyl groups is 1. The van der Waals surface area contributed by atoms with Crippen molar-refractivity contribution in [2.75, 3.05) is 25.6 Å². The Balaban J connectivity index is 2.84. The topological polar surface area (TPSA) is 70.8 Å². The molecule has 0 aliphatic carbocycles. The molecule has 0 bridgehead atoms. The van der Waals surface area contributed by atoms with E-state index < -0.39 is 10.0 Å². The maximum Gasteiger partial charge on any atom is 0.276 e. The Hall–Kier alpha value is -0.500. The first-order chi connectivity index (χ1) is 7.52. The summed E-state index contributed by atoms with van der Waals surface area (Å²) in [5.74, 6) is 0.973. The lowest BCUT2D eigenvalue weighted by atomic mass is 10.5. The third-order valence-electron chi connectivity index (χ3n) is 2.07. The highest BCUT2D eigenvalue weighted by Gasteiger charge is 2.23. The summed E-state index contributed by atoms with van der Waals surface area (Å²) in [6.45, 7) is 0.128. The predicted octanol–water partition coefficient (Wildman–Crippen LogP) is 0.755. The number of furan rings is 1. The summed E-state index contributed by atoms with van der Waals surface area (Å²) in [6, 6.07) is 2.81. The Bertz CT molecular complexity index is 426. The van der Waals surface area contributed by atoms with Gasteiger partial charge >= 0.3 is 0 Å². The van der Waals surface area contributed by atoms with E-state index in [0.29, 0.717) is 6.54 Å². The summed E-state index contributed by atoms with van der Waals surface area (Å²) < 4.78 is 30.1. The molecule has 0 aliphatic rings. The molecule has 1 aromatic rings. The molecule has 0 aromatic carbocycles. The van der Waals surface area contributed by atoms with E-state index in [9.17, 15) is 8.42 Å². The fraction of sp³-hybridized carbons (Fsp3) is 0.556. The van der Waals surface area contributed by atoms with Crippen LogP contribution in [-0.4, -0.2) is 43.4 Å². The van der Waals surface area contributed by atoms with Crippen molar-refractivity contribution in [2.24, 2.45) is 0 Å². The van der Waals surface area contributed by atoms with Gasteiger partial charge in [-0.2, -0.15) is 16.1 Å². The van der Waals surface area contributed by atoms with Gasteiger partial charge in [-0.25, -0.2) is 8.42 Å². The van der Waals surface area contributed by atoms with E-state index >= 15 is 0 Å². The number of rotatable bonds is 6. The maximum absolute atomic E-state index is 11.9. The molecule has 0 spiro atoms. The Morgan fingerprint density at radius 2 is 2.19 bits per heavy atom. The van der Waals surface area contributed by atoms with Crippen LogP contribution in [0.1, 0.15) is 5.76 Å². The summed E-state index contributed by atoms with van der Waals surface area (Å²) in [7, 11) is -2.05. The van der Waals surface area contributed by atoms with Crippen LogP contribution < -0.4 is 0 Å². The van der Waals surface area contributed by atoms with Gasteiger partial charge in [0.15, 0.2) is 0 Å². The molecule has 1 heterocycles. The normalized spacial score (nSPS) is 12.2. The summed E-state index contributed by atoms with van der Waals surface area (Å²) >= 11 is 1.57. The van der Waals surface area contributed by atoms with Crippen molar-refractivity contribution in [3.63, 3.8) is 0 Å². The molecule has 1 rings (SSSR count). The van der Waals surface area contributed by atoms with Gasteiger partial charge in [0.1, 0.15) is 12.4 Å². The maximum atomic E-state index is 11.9. The van der Waals surface area contributed by atoms with Crippen molar-refractivity contribution in [1.82, 2.24) is 4.31 Å². The smallest absolute Gasteiger partial charge is 0.276 e. The largest absolute Gasteiger partial charge is 0.446 e.